The fourth-order valence-electron chi connectivity index (χ4n) is 3.11. The van der Waals surface area contributed by atoms with Crippen molar-refractivity contribution in [1.29, 1.82) is 0 Å². The first kappa shape index (κ1) is 14.9. The number of benzene rings is 1. The molecule has 1 fully saturated rings. The smallest absolute Gasteiger partial charge is 0.207 e. The molecule has 5 nitrogen and oxygen atoms in total. The molecule has 0 amide bonds. The lowest BCUT2D eigenvalue weighted by molar-refractivity contribution is 0.261. The van der Waals surface area contributed by atoms with Crippen LogP contribution in [0.2, 0.25) is 0 Å². The summed E-state index contributed by atoms with van der Waals surface area (Å²) in [5, 5.41) is 0. The minimum atomic E-state index is -3.51. The summed E-state index contributed by atoms with van der Waals surface area (Å²) < 4.78 is 36.0. The highest BCUT2D eigenvalue weighted by molar-refractivity contribution is 7.89. The van der Waals surface area contributed by atoms with Gasteiger partial charge in [0.25, 0.3) is 0 Å². The highest BCUT2D eigenvalue weighted by Crippen LogP contribution is 2.30. The van der Waals surface area contributed by atoms with Crippen LogP contribution in [-0.2, 0) is 10.0 Å². The minimum Gasteiger partial charge on any atom is -0.207 e. The molecule has 21 heavy (non-hydrogen) atoms. The average molecular weight is 325 g/mol. The van der Waals surface area contributed by atoms with E-state index >= 15 is 0 Å². The molecule has 0 unspecified atom stereocenters. The third-order valence-corrected chi connectivity index (χ3v) is 6.73. The van der Waals surface area contributed by atoms with E-state index < -0.39 is 10.0 Å². The molecule has 114 valence electrons. The number of hydrogen-bond acceptors (Lipinski definition) is 5. The molecular weight excluding hydrogens is 306 g/mol. The van der Waals surface area contributed by atoms with Crippen molar-refractivity contribution < 1.29 is 8.42 Å². The van der Waals surface area contributed by atoms with Gasteiger partial charge in [0.1, 0.15) is 15.9 Å². The van der Waals surface area contributed by atoms with E-state index in [9.17, 15) is 8.42 Å². The standard InChI is InChI=1S/C14H19N3O2S2/c1-2-17(11-7-4-3-5-8-11)21(18,19)13-10-6-9-12-14(13)16-20-15-12/h6,9-11H,2-5,7-8H2,1H3. The number of hydrogen-bond donors (Lipinski definition) is 0. The van der Waals surface area contributed by atoms with Crippen LogP contribution in [0.4, 0.5) is 0 Å². The number of sulfonamides is 1. The molecule has 0 spiro atoms. The van der Waals surface area contributed by atoms with Gasteiger partial charge in [-0.15, -0.1) is 0 Å². The first-order valence-corrected chi connectivity index (χ1v) is 9.54. The molecule has 1 aliphatic rings. The zero-order valence-corrected chi connectivity index (χ0v) is 13.7. The second-order valence-corrected chi connectivity index (χ2v) is 7.78. The zero-order chi connectivity index (χ0) is 14.9. The fourth-order valence-corrected chi connectivity index (χ4v) is 5.56. The van der Waals surface area contributed by atoms with Gasteiger partial charge >= 0.3 is 0 Å². The summed E-state index contributed by atoms with van der Waals surface area (Å²) >= 11 is 1.06. The molecule has 0 atom stereocenters. The Morgan fingerprint density at radius 3 is 2.71 bits per heavy atom. The number of rotatable bonds is 4. The topological polar surface area (TPSA) is 63.2 Å². The van der Waals surface area contributed by atoms with E-state index in [-0.39, 0.29) is 6.04 Å². The molecule has 0 N–H and O–H groups in total. The van der Waals surface area contributed by atoms with Crippen LogP contribution < -0.4 is 0 Å². The summed E-state index contributed by atoms with van der Waals surface area (Å²) in [5.41, 5.74) is 1.15. The Morgan fingerprint density at radius 1 is 1.24 bits per heavy atom. The van der Waals surface area contributed by atoms with Gasteiger partial charge in [-0.05, 0) is 25.0 Å². The molecule has 0 radical (unpaired) electrons. The molecule has 1 heterocycles. The summed E-state index contributed by atoms with van der Waals surface area (Å²) in [6.45, 7) is 2.41. The average Bonchev–Trinajstić information content (AvgIpc) is 2.97. The van der Waals surface area contributed by atoms with Crippen molar-refractivity contribution in [3.05, 3.63) is 18.2 Å². The molecule has 3 rings (SSSR count). The van der Waals surface area contributed by atoms with Gasteiger partial charge in [0.05, 0.1) is 11.7 Å². The van der Waals surface area contributed by atoms with Crippen LogP contribution in [-0.4, -0.2) is 34.1 Å². The third-order valence-electron chi connectivity index (χ3n) is 4.13. The van der Waals surface area contributed by atoms with Crippen molar-refractivity contribution >= 4 is 32.8 Å². The molecule has 0 aliphatic heterocycles. The Hall–Kier alpha value is -1.05. The predicted octanol–water partition coefficient (Wildman–Crippen LogP) is 3.03. The van der Waals surface area contributed by atoms with Crippen LogP contribution in [0.15, 0.2) is 23.1 Å². The van der Waals surface area contributed by atoms with Gasteiger partial charge in [-0.25, -0.2) is 8.42 Å². The molecule has 1 saturated carbocycles. The van der Waals surface area contributed by atoms with Crippen molar-refractivity contribution in [3.8, 4) is 0 Å². The van der Waals surface area contributed by atoms with Gasteiger partial charge in [0, 0.05) is 12.6 Å². The maximum Gasteiger partial charge on any atom is 0.245 e. The van der Waals surface area contributed by atoms with E-state index in [0.29, 0.717) is 22.5 Å². The van der Waals surface area contributed by atoms with E-state index in [1.54, 1.807) is 22.5 Å². The van der Waals surface area contributed by atoms with E-state index in [4.69, 9.17) is 0 Å². The van der Waals surface area contributed by atoms with Gasteiger partial charge in [-0.3, -0.25) is 0 Å². The van der Waals surface area contributed by atoms with E-state index in [0.717, 1.165) is 37.4 Å². The Labute approximate surface area is 129 Å². The van der Waals surface area contributed by atoms with Crippen LogP contribution >= 0.6 is 11.7 Å². The number of fused-ring (bicyclic) bond motifs is 1. The largest absolute Gasteiger partial charge is 0.245 e. The molecule has 1 aromatic heterocycles. The van der Waals surface area contributed by atoms with Crippen molar-refractivity contribution in [3.63, 3.8) is 0 Å². The van der Waals surface area contributed by atoms with E-state index in [1.807, 2.05) is 6.92 Å². The van der Waals surface area contributed by atoms with Gasteiger partial charge in [0.15, 0.2) is 0 Å². The van der Waals surface area contributed by atoms with Crippen molar-refractivity contribution in [2.75, 3.05) is 6.54 Å². The van der Waals surface area contributed by atoms with E-state index in [2.05, 4.69) is 8.75 Å². The van der Waals surface area contributed by atoms with Crippen LogP contribution in [0.1, 0.15) is 39.0 Å². The molecule has 0 saturated heterocycles. The zero-order valence-electron chi connectivity index (χ0n) is 12.0. The molecule has 0 bridgehead atoms. The van der Waals surface area contributed by atoms with Crippen LogP contribution in [0.25, 0.3) is 11.0 Å². The summed E-state index contributed by atoms with van der Waals surface area (Å²) in [5.74, 6) is 0. The summed E-state index contributed by atoms with van der Waals surface area (Å²) in [7, 11) is -3.51. The van der Waals surface area contributed by atoms with E-state index in [1.165, 1.54) is 6.42 Å². The Kier molecular flexibility index (Phi) is 4.24. The lowest BCUT2D eigenvalue weighted by atomic mass is 9.95. The Bertz CT molecular complexity index is 721. The second-order valence-electron chi connectivity index (χ2n) is 5.39. The highest BCUT2D eigenvalue weighted by Gasteiger charge is 2.32. The maximum absolute atomic E-state index is 13.0. The van der Waals surface area contributed by atoms with Crippen LogP contribution in [0.3, 0.4) is 0 Å². The molecule has 2 aromatic rings. The monoisotopic (exact) mass is 325 g/mol. The molecule has 1 aromatic carbocycles. The van der Waals surface area contributed by atoms with Gasteiger partial charge < -0.3 is 0 Å². The first-order chi connectivity index (χ1) is 10.1. The van der Waals surface area contributed by atoms with Crippen molar-refractivity contribution in [2.24, 2.45) is 0 Å². The van der Waals surface area contributed by atoms with Gasteiger partial charge in [0.2, 0.25) is 10.0 Å². The van der Waals surface area contributed by atoms with Crippen LogP contribution in [0, 0.1) is 0 Å². The molecular formula is C14H19N3O2S2. The predicted molar refractivity (Wildman–Crippen MR) is 83.9 cm³/mol. The lowest BCUT2D eigenvalue weighted by Gasteiger charge is -2.32. The van der Waals surface area contributed by atoms with Crippen molar-refractivity contribution in [2.45, 2.75) is 50.0 Å². The SMILES string of the molecule is CCN(C1CCCCC1)S(=O)(=O)c1cccc2nsnc12. The quantitative estimate of drug-likeness (QED) is 0.867. The normalized spacial score (nSPS) is 17.6. The molecule has 7 heteroatoms. The summed E-state index contributed by atoms with van der Waals surface area (Å²) in [4.78, 5) is 0.293. The Morgan fingerprint density at radius 2 is 2.00 bits per heavy atom. The summed E-state index contributed by atoms with van der Waals surface area (Å²) in [6.07, 6.45) is 5.34. The van der Waals surface area contributed by atoms with Crippen LogP contribution in [0.5, 0.6) is 0 Å². The lowest BCUT2D eigenvalue weighted by Crippen LogP contribution is -2.41. The maximum atomic E-state index is 13.0. The minimum absolute atomic E-state index is 0.121. The fraction of sp³-hybridized carbons (Fsp3) is 0.571. The number of nitrogens with zero attached hydrogens (tertiary/aromatic N) is 3. The summed E-state index contributed by atoms with van der Waals surface area (Å²) in [6, 6.07) is 5.31. The van der Waals surface area contributed by atoms with Crippen molar-refractivity contribution in [1.82, 2.24) is 13.1 Å². The molecule has 1 aliphatic carbocycles. The highest BCUT2D eigenvalue weighted by atomic mass is 32.2. The Balaban J connectivity index is 2.03. The first-order valence-electron chi connectivity index (χ1n) is 7.37. The van der Waals surface area contributed by atoms with Gasteiger partial charge in [-0.2, -0.15) is 13.1 Å². The van der Waals surface area contributed by atoms with Gasteiger partial charge in [-0.1, -0.05) is 32.3 Å². The third kappa shape index (κ3) is 2.69. The number of aromatic nitrogens is 2. The second kappa shape index (κ2) is 5.98.